The third-order valence-electron chi connectivity index (χ3n) is 2.49. The van der Waals surface area contributed by atoms with Crippen LogP contribution in [-0.4, -0.2) is 18.4 Å². The summed E-state index contributed by atoms with van der Waals surface area (Å²) < 4.78 is 5.62. The molecule has 0 saturated heterocycles. The van der Waals surface area contributed by atoms with Gasteiger partial charge in [0.15, 0.2) is 0 Å². The van der Waals surface area contributed by atoms with E-state index in [9.17, 15) is 0 Å². The maximum atomic E-state index is 5.77. The van der Waals surface area contributed by atoms with E-state index in [1.165, 1.54) is 5.56 Å². The molecule has 0 heterocycles. The third-order valence-corrected chi connectivity index (χ3v) is 2.96. The minimum Gasteiger partial charge on any atom is -0.494 e. The number of thiol groups is 1. The highest BCUT2D eigenvalue weighted by molar-refractivity contribution is 7.80. The Morgan fingerprint density at radius 3 is 2.56 bits per heavy atom. The average Bonchev–Trinajstić information content (AvgIpc) is 2.31. The van der Waals surface area contributed by atoms with Gasteiger partial charge < -0.3 is 10.5 Å². The van der Waals surface area contributed by atoms with Crippen molar-refractivity contribution in [2.45, 2.75) is 32.2 Å². The molecule has 0 aromatic heterocycles. The Labute approximate surface area is 104 Å². The van der Waals surface area contributed by atoms with Gasteiger partial charge in [-0.2, -0.15) is 12.6 Å². The van der Waals surface area contributed by atoms with Crippen LogP contribution in [0.2, 0.25) is 0 Å². The molecule has 0 amide bonds. The molecule has 1 unspecified atom stereocenters. The first kappa shape index (κ1) is 13.4. The lowest BCUT2D eigenvalue weighted by Gasteiger charge is -2.09. The van der Waals surface area contributed by atoms with Crippen molar-refractivity contribution < 1.29 is 4.74 Å². The zero-order valence-corrected chi connectivity index (χ0v) is 10.7. The van der Waals surface area contributed by atoms with Crippen molar-refractivity contribution in [1.29, 1.82) is 0 Å². The molecule has 1 aromatic carbocycles. The second kappa shape index (κ2) is 7.58. The van der Waals surface area contributed by atoms with E-state index in [-0.39, 0.29) is 6.04 Å². The SMILES string of the molecule is Cc1ccc(OCCCCC(N)CS)cc1. The molecule has 1 rings (SSSR count). The largest absolute Gasteiger partial charge is 0.494 e. The van der Waals surface area contributed by atoms with Crippen molar-refractivity contribution in [3.8, 4) is 5.75 Å². The fraction of sp³-hybridized carbons (Fsp3) is 0.538. The Kier molecular flexibility index (Phi) is 6.34. The second-order valence-corrected chi connectivity index (χ2v) is 4.47. The molecule has 0 aliphatic carbocycles. The van der Waals surface area contributed by atoms with Crippen LogP contribution in [-0.2, 0) is 0 Å². The molecule has 0 saturated carbocycles. The number of ether oxygens (including phenoxy) is 1. The van der Waals surface area contributed by atoms with Crippen molar-refractivity contribution in [3.63, 3.8) is 0 Å². The Morgan fingerprint density at radius 2 is 1.94 bits per heavy atom. The van der Waals surface area contributed by atoms with Crippen LogP contribution in [0.3, 0.4) is 0 Å². The van der Waals surface area contributed by atoms with E-state index in [4.69, 9.17) is 10.5 Å². The molecule has 90 valence electrons. The molecule has 0 aliphatic heterocycles. The molecule has 0 spiro atoms. The third kappa shape index (κ3) is 5.42. The van der Waals surface area contributed by atoms with Gasteiger partial charge in [0.25, 0.3) is 0 Å². The zero-order chi connectivity index (χ0) is 11.8. The number of benzene rings is 1. The van der Waals surface area contributed by atoms with Crippen molar-refractivity contribution >= 4 is 12.6 Å². The molecule has 1 atom stereocenters. The molecule has 3 heteroatoms. The maximum absolute atomic E-state index is 5.77. The zero-order valence-electron chi connectivity index (χ0n) is 9.86. The van der Waals surface area contributed by atoms with Gasteiger partial charge in [-0.3, -0.25) is 0 Å². The highest BCUT2D eigenvalue weighted by Crippen LogP contribution is 2.12. The molecule has 2 nitrogen and oxygen atoms in total. The van der Waals surface area contributed by atoms with Gasteiger partial charge in [0.05, 0.1) is 6.61 Å². The van der Waals surface area contributed by atoms with Crippen LogP contribution >= 0.6 is 12.6 Å². The molecule has 0 radical (unpaired) electrons. The Hall–Kier alpha value is -0.670. The lowest BCUT2D eigenvalue weighted by molar-refractivity contribution is 0.304. The second-order valence-electron chi connectivity index (χ2n) is 4.10. The number of hydrogen-bond donors (Lipinski definition) is 2. The Balaban J connectivity index is 2.09. The first-order valence-corrected chi connectivity index (χ1v) is 6.41. The standard InChI is InChI=1S/C13H21NOS/c1-11-5-7-13(8-6-11)15-9-3-2-4-12(14)10-16/h5-8,12,16H,2-4,9-10,14H2,1H3. The summed E-state index contributed by atoms with van der Waals surface area (Å²) in [4.78, 5) is 0. The van der Waals surface area contributed by atoms with Crippen molar-refractivity contribution in [2.24, 2.45) is 5.73 Å². The maximum Gasteiger partial charge on any atom is 0.119 e. The Morgan fingerprint density at radius 1 is 1.25 bits per heavy atom. The fourth-order valence-electron chi connectivity index (χ4n) is 1.42. The molecule has 16 heavy (non-hydrogen) atoms. The number of rotatable bonds is 7. The number of unbranched alkanes of at least 4 members (excludes halogenated alkanes) is 1. The van der Waals surface area contributed by atoms with Crippen molar-refractivity contribution in [3.05, 3.63) is 29.8 Å². The van der Waals surface area contributed by atoms with Gasteiger partial charge in [-0.25, -0.2) is 0 Å². The highest BCUT2D eigenvalue weighted by Gasteiger charge is 1.99. The minimum absolute atomic E-state index is 0.225. The predicted molar refractivity (Wildman–Crippen MR) is 72.4 cm³/mol. The molecule has 0 fully saturated rings. The molecule has 0 aliphatic rings. The van der Waals surface area contributed by atoms with Gasteiger partial charge in [0, 0.05) is 11.8 Å². The predicted octanol–water partition coefficient (Wildman–Crippen LogP) is 2.80. The first-order valence-electron chi connectivity index (χ1n) is 5.78. The molecule has 0 bridgehead atoms. The van der Waals surface area contributed by atoms with E-state index in [1.807, 2.05) is 12.1 Å². The summed E-state index contributed by atoms with van der Waals surface area (Å²) in [5, 5.41) is 0. The summed E-state index contributed by atoms with van der Waals surface area (Å²) in [6.07, 6.45) is 3.18. The van der Waals surface area contributed by atoms with Gasteiger partial charge in [-0.15, -0.1) is 0 Å². The van der Waals surface area contributed by atoms with Gasteiger partial charge in [0.1, 0.15) is 5.75 Å². The minimum atomic E-state index is 0.225. The summed E-state index contributed by atoms with van der Waals surface area (Å²) >= 11 is 4.15. The quantitative estimate of drug-likeness (QED) is 0.567. The molecule has 2 N–H and O–H groups in total. The monoisotopic (exact) mass is 239 g/mol. The van der Waals surface area contributed by atoms with E-state index < -0.39 is 0 Å². The average molecular weight is 239 g/mol. The van der Waals surface area contributed by atoms with Crippen LogP contribution in [0.25, 0.3) is 0 Å². The fourth-order valence-corrected chi connectivity index (χ4v) is 1.61. The smallest absolute Gasteiger partial charge is 0.119 e. The van der Waals surface area contributed by atoms with Crippen LogP contribution in [0.4, 0.5) is 0 Å². The molecular weight excluding hydrogens is 218 g/mol. The van der Waals surface area contributed by atoms with Gasteiger partial charge in [0.2, 0.25) is 0 Å². The van der Waals surface area contributed by atoms with Crippen LogP contribution in [0.1, 0.15) is 24.8 Å². The van der Waals surface area contributed by atoms with E-state index in [1.54, 1.807) is 0 Å². The number of aryl methyl sites for hydroxylation is 1. The first-order chi connectivity index (χ1) is 7.72. The van der Waals surface area contributed by atoms with Crippen LogP contribution in [0.5, 0.6) is 5.75 Å². The lowest BCUT2D eigenvalue weighted by atomic mass is 10.1. The summed E-state index contributed by atoms with van der Waals surface area (Å²) in [7, 11) is 0. The van der Waals surface area contributed by atoms with E-state index in [2.05, 4.69) is 31.7 Å². The van der Waals surface area contributed by atoms with Gasteiger partial charge in [-0.05, 0) is 38.3 Å². The van der Waals surface area contributed by atoms with Crippen molar-refractivity contribution in [1.82, 2.24) is 0 Å². The molecule has 1 aromatic rings. The Bertz CT molecular complexity index is 286. The number of hydrogen-bond acceptors (Lipinski definition) is 3. The van der Waals surface area contributed by atoms with Crippen LogP contribution in [0, 0.1) is 6.92 Å². The summed E-state index contributed by atoms with van der Waals surface area (Å²) in [5.41, 5.74) is 7.02. The van der Waals surface area contributed by atoms with Gasteiger partial charge >= 0.3 is 0 Å². The normalized spacial score (nSPS) is 12.4. The van der Waals surface area contributed by atoms with E-state index >= 15 is 0 Å². The highest BCUT2D eigenvalue weighted by atomic mass is 32.1. The van der Waals surface area contributed by atoms with Gasteiger partial charge in [-0.1, -0.05) is 17.7 Å². The summed E-state index contributed by atoms with van der Waals surface area (Å²) in [6, 6.07) is 8.37. The van der Waals surface area contributed by atoms with E-state index in [0.29, 0.717) is 0 Å². The van der Waals surface area contributed by atoms with Crippen LogP contribution < -0.4 is 10.5 Å². The summed E-state index contributed by atoms with van der Waals surface area (Å²) in [5.74, 6) is 1.71. The van der Waals surface area contributed by atoms with E-state index in [0.717, 1.165) is 37.4 Å². The topological polar surface area (TPSA) is 35.2 Å². The number of nitrogens with two attached hydrogens (primary N) is 1. The van der Waals surface area contributed by atoms with Crippen molar-refractivity contribution in [2.75, 3.05) is 12.4 Å². The lowest BCUT2D eigenvalue weighted by Crippen LogP contribution is -2.21. The molecular formula is C13H21NOS. The summed E-state index contributed by atoms with van der Waals surface area (Å²) in [6.45, 7) is 2.84. The van der Waals surface area contributed by atoms with Crippen LogP contribution in [0.15, 0.2) is 24.3 Å².